The van der Waals surface area contributed by atoms with Gasteiger partial charge in [-0.15, -0.1) is 0 Å². The van der Waals surface area contributed by atoms with E-state index in [1.165, 1.54) is 0 Å². The molecule has 140 valence electrons. The second-order valence-corrected chi connectivity index (χ2v) is 9.45. The Bertz CT molecular complexity index is 944. The van der Waals surface area contributed by atoms with Crippen molar-refractivity contribution in [3.05, 3.63) is 28.7 Å². The Morgan fingerprint density at radius 2 is 2.12 bits per heavy atom. The van der Waals surface area contributed by atoms with Crippen LogP contribution in [0, 0.1) is 6.92 Å². The van der Waals surface area contributed by atoms with E-state index in [1.54, 1.807) is 10.7 Å². The molecule has 1 aliphatic heterocycles. The molecule has 1 unspecified atom stereocenters. The highest BCUT2D eigenvalue weighted by Gasteiger charge is 2.32. The number of H-pyrrole nitrogens is 1. The van der Waals surface area contributed by atoms with Gasteiger partial charge in [0.2, 0.25) is 0 Å². The quantitative estimate of drug-likeness (QED) is 0.793. The van der Waals surface area contributed by atoms with E-state index in [1.807, 2.05) is 6.92 Å². The summed E-state index contributed by atoms with van der Waals surface area (Å²) >= 11 is 0. The van der Waals surface area contributed by atoms with Crippen molar-refractivity contribution in [2.75, 3.05) is 16.8 Å². The minimum absolute atomic E-state index is 0.0643. The van der Waals surface area contributed by atoms with Gasteiger partial charge in [-0.2, -0.15) is 10.2 Å². The van der Waals surface area contributed by atoms with Crippen molar-refractivity contribution in [2.24, 2.45) is 0 Å². The van der Waals surface area contributed by atoms with Crippen LogP contribution < -0.4 is 5.32 Å². The third-order valence-corrected chi connectivity index (χ3v) is 6.93. The minimum Gasteiger partial charge on any atom is -0.305 e. The molecule has 9 heteroatoms. The average Bonchev–Trinajstić information content (AvgIpc) is 3.20. The monoisotopic (exact) mass is 377 g/mol. The summed E-state index contributed by atoms with van der Waals surface area (Å²) in [4.78, 5) is 12.8. The smallest absolute Gasteiger partial charge is 0.277 e. The second kappa shape index (κ2) is 6.53. The van der Waals surface area contributed by atoms with Crippen molar-refractivity contribution >= 4 is 21.6 Å². The molecule has 0 radical (unpaired) electrons. The Balaban J connectivity index is 1.58. The van der Waals surface area contributed by atoms with E-state index in [2.05, 4.69) is 20.6 Å². The van der Waals surface area contributed by atoms with Gasteiger partial charge >= 0.3 is 0 Å². The molecule has 2 N–H and O–H groups in total. The highest BCUT2D eigenvalue weighted by Crippen LogP contribution is 2.28. The fourth-order valence-corrected chi connectivity index (χ4v) is 5.57. The number of nitrogens with zero attached hydrogens (tertiary/aromatic N) is 3. The maximum Gasteiger partial charge on any atom is 0.277 e. The first-order chi connectivity index (χ1) is 12.4. The number of aromatic nitrogens is 4. The maximum absolute atomic E-state index is 12.8. The largest absolute Gasteiger partial charge is 0.305 e. The van der Waals surface area contributed by atoms with Crippen molar-refractivity contribution in [2.45, 2.75) is 51.5 Å². The Kier molecular flexibility index (Phi) is 4.34. The summed E-state index contributed by atoms with van der Waals surface area (Å²) in [5, 5.41) is 14.5. The predicted molar refractivity (Wildman–Crippen MR) is 97.1 cm³/mol. The van der Waals surface area contributed by atoms with Crippen molar-refractivity contribution in [3.63, 3.8) is 0 Å². The number of rotatable bonds is 3. The number of sulfone groups is 1. The lowest BCUT2D eigenvalue weighted by molar-refractivity contribution is 0.102. The topological polar surface area (TPSA) is 110 Å². The van der Waals surface area contributed by atoms with Gasteiger partial charge in [0.15, 0.2) is 15.5 Å². The zero-order valence-electron chi connectivity index (χ0n) is 14.8. The minimum atomic E-state index is -3.03. The van der Waals surface area contributed by atoms with Crippen LogP contribution in [0.4, 0.5) is 5.82 Å². The molecule has 0 bridgehead atoms. The van der Waals surface area contributed by atoms with Crippen LogP contribution >= 0.6 is 0 Å². The lowest BCUT2D eigenvalue weighted by Gasteiger charge is -2.13. The fraction of sp³-hybridized carbons (Fsp3) is 0.588. The number of hydrogen-bond acceptors (Lipinski definition) is 5. The molecule has 3 heterocycles. The lowest BCUT2D eigenvalue weighted by atomic mass is 10.1. The van der Waals surface area contributed by atoms with Gasteiger partial charge in [0.1, 0.15) is 5.82 Å². The number of amides is 1. The predicted octanol–water partition coefficient (Wildman–Crippen LogP) is 1.80. The first-order valence-corrected chi connectivity index (χ1v) is 10.9. The molecule has 8 nitrogen and oxygen atoms in total. The number of anilines is 1. The second-order valence-electron chi connectivity index (χ2n) is 7.22. The third kappa shape index (κ3) is 3.27. The zero-order chi connectivity index (χ0) is 18.3. The third-order valence-electron chi connectivity index (χ3n) is 5.18. The SMILES string of the molecule is Cc1cc(NC(=O)c2n[nH]c3c2CCCCC3)n(C2CCS(=O)(=O)C2)n1. The van der Waals surface area contributed by atoms with Gasteiger partial charge in [-0.1, -0.05) is 6.42 Å². The Morgan fingerprint density at radius 1 is 1.31 bits per heavy atom. The van der Waals surface area contributed by atoms with Crippen molar-refractivity contribution in [1.29, 1.82) is 0 Å². The van der Waals surface area contributed by atoms with Gasteiger partial charge in [0.05, 0.1) is 23.2 Å². The first kappa shape index (κ1) is 17.3. The molecule has 0 aromatic carbocycles. The summed E-state index contributed by atoms with van der Waals surface area (Å²) in [6, 6.07) is 1.54. The van der Waals surface area contributed by atoms with Gasteiger partial charge in [-0.05, 0) is 39.0 Å². The Labute approximate surface area is 152 Å². The van der Waals surface area contributed by atoms with Crippen LogP contribution in [-0.2, 0) is 22.7 Å². The molecule has 2 aromatic rings. The molecule has 26 heavy (non-hydrogen) atoms. The van der Waals surface area contributed by atoms with Gasteiger partial charge in [-0.25, -0.2) is 13.1 Å². The number of aromatic amines is 1. The molecular formula is C17H23N5O3S. The van der Waals surface area contributed by atoms with Crippen LogP contribution in [0.3, 0.4) is 0 Å². The Hall–Kier alpha value is -2.16. The van der Waals surface area contributed by atoms with Gasteiger partial charge in [0.25, 0.3) is 5.91 Å². The standard InChI is InChI=1S/C17H23N5O3S/c1-11-9-15(22(21-11)12-7-8-26(24,25)10-12)18-17(23)16-13-5-3-2-4-6-14(13)19-20-16/h9,12H,2-8,10H2,1H3,(H,18,23)(H,19,20). The maximum atomic E-state index is 12.8. The molecule has 1 atom stereocenters. The molecule has 1 fully saturated rings. The van der Waals surface area contributed by atoms with Crippen LogP contribution in [0.5, 0.6) is 0 Å². The number of aryl methyl sites for hydroxylation is 2. The molecular weight excluding hydrogens is 354 g/mol. The van der Waals surface area contributed by atoms with E-state index in [0.29, 0.717) is 17.9 Å². The molecule has 0 saturated carbocycles. The number of nitrogens with one attached hydrogen (secondary N) is 2. The van der Waals surface area contributed by atoms with Gasteiger partial charge in [-0.3, -0.25) is 9.89 Å². The van der Waals surface area contributed by atoms with Gasteiger partial charge in [0, 0.05) is 17.3 Å². The van der Waals surface area contributed by atoms with Crippen LogP contribution in [-0.4, -0.2) is 45.8 Å². The van der Waals surface area contributed by atoms with E-state index in [-0.39, 0.29) is 23.5 Å². The fourth-order valence-electron chi connectivity index (χ4n) is 3.88. The van der Waals surface area contributed by atoms with Gasteiger partial charge < -0.3 is 5.32 Å². The van der Waals surface area contributed by atoms with Crippen molar-refractivity contribution < 1.29 is 13.2 Å². The van der Waals surface area contributed by atoms with E-state index < -0.39 is 9.84 Å². The normalized spacial score (nSPS) is 22.0. The number of carbonyl (C=O) groups excluding carboxylic acids is 1. The van der Waals surface area contributed by atoms with E-state index in [9.17, 15) is 13.2 Å². The lowest BCUT2D eigenvalue weighted by Crippen LogP contribution is -2.20. The van der Waals surface area contributed by atoms with Crippen LogP contribution in [0.2, 0.25) is 0 Å². The summed E-state index contributed by atoms with van der Waals surface area (Å²) in [5.41, 5.74) is 3.24. The van der Waals surface area contributed by atoms with Crippen LogP contribution in [0.1, 0.15) is 59.2 Å². The van der Waals surface area contributed by atoms with E-state index in [0.717, 1.165) is 49.1 Å². The summed E-state index contributed by atoms with van der Waals surface area (Å²) in [7, 11) is -3.03. The average molecular weight is 377 g/mol. The highest BCUT2D eigenvalue weighted by molar-refractivity contribution is 7.91. The van der Waals surface area contributed by atoms with E-state index in [4.69, 9.17) is 0 Å². The van der Waals surface area contributed by atoms with Crippen LogP contribution in [0.25, 0.3) is 0 Å². The first-order valence-electron chi connectivity index (χ1n) is 9.07. The summed E-state index contributed by atoms with van der Waals surface area (Å²) in [5.74, 6) is 0.484. The summed E-state index contributed by atoms with van der Waals surface area (Å²) in [6.07, 6.45) is 5.62. The zero-order valence-corrected chi connectivity index (χ0v) is 15.6. The molecule has 1 saturated heterocycles. The summed E-state index contributed by atoms with van der Waals surface area (Å²) in [6.45, 7) is 1.83. The number of fused-ring (bicyclic) bond motifs is 1. The number of carbonyl (C=O) groups is 1. The summed E-state index contributed by atoms with van der Waals surface area (Å²) < 4.78 is 25.2. The van der Waals surface area contributed by atoms with Crippen molar-refractivity contribution in [3.8, 4) is 0 Å². The molecule has 1 aliphatic carbocycles. The van der Waals surface area contributed by atoms with E-state index >= 15 is 0 Å². The van der Waals surface area contributed by atoms with Crippen LogP contribution in [0.15, 0.2) is 6.07 Å². The number of hydrogen-bond donors (Lipinski definition) is 2. The Morgan fingerprint density at radius 3 is 2.88 bits per heavy atom. The molecule has 0 spiro atoms. The molecule has 1 amide bonds. The van der Waals surface area contributed by atoms with Crippen molar-refractivity contribution in [1.82, 2.24) is 20.0 Å². The molecule has 4 rings (SSSR count). The molecule has 2 aromatic heterocycles. The molecule has 2 aliphatic rings. The highest BCUT2D eigenvalue weighted by atomic mass is 32.2.